The second kappa shape index (κ2) is 14.5. The number of para-hydroxylation sites is 2. The number of hydrogen-bond donors (Lipinski definition) is 0. The molecule has 0 bridgehead atoms. The van der Waals surface area contributed by atoms with Gasteiger partial charge in [0.25, 0.3) is 11.8 Å². The zero-order valence-corrected chi connectivity index (χ0v) is 23.4. The molecular weight excluding hydrogens is 484 g/mol. The Morgan fingerprint density at radius 1 is 0.590 bits per heavy atom. The first-order chi connectivity index (χ1) is 19.0. The van der Waals surface area contributed by atoms with E-state index >= 15 is 0 Å². The van der Waals surface area contributed by atoms with Crippen molar-refractivity contribution in [2.75, 3.05) is 14.1 Å². The maximum Gasteiger partial charge on any atom is 0.257 e. The average Bonchev–Trinajstić information content (AvgIpc) is 3.02. The maximum absolute atomic E-state index is 12.9. The van der Waals surface area contributed by atoms with Gasteiger partial charge in [-0.15, -0.1) is 0 Å². The second-order valence-corrected chi connectivity index (χ2v) is 10.7. The van der Waals surface area contributed by atoms with Crippen LogP contribution in [0.4, 0.5) is 0 Å². The van der Waals surface area contributed by atoms with Crippen LogP contribution in [0.5, 0.6) is 11.5 Å². The smallest absolute Gasteiger partial charge is 0.257 e. The van der Waals surface area contributed by atoms with Crippen LogP contribution in [0.25, 0.3) is 0 Å². The lowest BCUT2D eigenvalue weighted by Gasteiger charge is -2.31. The van der Waals surface area contributed by atoms with Crippen molar-refractivity contribution in [1.29, 1.82) is 0 Å². The Hall–Kier alpha value is -3.60. The third kappa shape index (κ3) is 7.95. The summed E-state index contributed by atoms with van der Waals surface area (Å²) in [5.74, 6) is 1.57. The van der Waals surface area contributed by atoms with Gasteiger partial charge in [-0.2, -0.15) is 0 Å². The summed E-state index contributed by atoms with van der Waals surface area (Å²) in [6.07, 6.45) is 12.1. The van der Waals surface area contributed by atoms with E-state index in [4.69, 9.17) is 4.74 Å². The number of carbonyl (C=O) groups excluding carboxylic acids is 2. The Morgan fingerprint density at radius 3 is 1.62 bits per heavy atom. The van der Waals surface area contributed by atoms with E-state index in [2.05, 4.69) is 0 Å². The fraction of sp³-hybridized carbons (Fsp3) is 0.412. The molecule has 5 nitrogen and oxygen atoms in total. The van der Waals surface area contributed by atoms with Crippen molar-refractivity contribution in [2.45, 2.75) is 76.3 Å². The molecule has 3 aromatic carbocycles. The van der Waals surface area contributed by atoms with Crippen molar-refractivity contribution >= 4 is 11.8 Å². The van der Waals surface area contributed by atoms with Gasteiger partial charge in [-0.25, -0.2) is 0 Å². The first kappa shape index (κ1) is 28.4. The predicted molar refractivity (Wildman–Crippen MR) is 157 cm³/mol. The fourth-order valence-electron chi connectivity index (χ4n) is 5.59. The van der Waals surface area contributed by atoms with Crippen LogP contribution in [-0.4, -0.2) is 47.8 Å². The Bertz CT molecular complexity index is 1170. The van der Waals surface area contributed by atoms with Crippen LogP contribution in [0.15, 0.2) is 84.9 Å². The number of carbonyl (C=O) groups is 2. The lowest BCUT2D eigenvalue weighted by Crippen LogP contribution is -2.38. The molecule has 0 radical (unpaired) electrons. The van der Waals surface area contributed by atoms with Gasteiger partial charge in [-0.3, -0.25) is 9.59 Å². The summed E-state index contributed by atoms with van der Waals surface area (Å²) >= 11 is 0. The molecular formula is C34H42N2O3. The van der Waals surface area contributed by atoms with Crippen LogP contribution in [-0.2, 0) is 0 Å². The Balaban J connectivity index is 0.000000193. The molecule has 2 fully saturated rings. The van der Waals surface area contributed by atoms with Gasteiger partial charge in [-0.05, 0) is 62.1 Å². The molecule has 2 saturated carbocycles. The van der Waals surface area contributed by atoms with E-state index < -0.39 is 0 Å². The molecule has 0 aliphatic heterocycles. The van der Waals surface area contributed by atoms with E-state index in [9.17, 15) is 9.59 Å². The topological polar surface area (TPSA) is 49.9 Å². The monoisotopic (exact) mass is 526 g/mol. The Morgan fingerprint density at radius 2 is 1.05 bits per heavy atom. The SMILES string of the molecule is CN(C(=O)c1ccccc1)C1CCCCC1.CN(C(=O)c1ccccc1Oc1ccccc1)C1CCCCC1. The number of rotatable bonds is 6. The van der Waals surface area contributed by atoms with Crippen molar-refractivity contribution in [3.8, 4) is 11.5 Å². The average molecular weight is 527 g/mol. The number of benzene rings is 3. The highest BCUT2D eigenvalue weighted by Crippen LogP contribution is 2.29. The van der Waals surface area contributed by atoms with Gasteiger partial charge in [0, 0.05) is 31.7 Å². The third-order valence-electron chi connectivity index (χ3n) is 7.99. The number of hydrogen-bond acceptors (Lipinski definition) is 3. The highest BCUT2D eigenvalue weighted by atomic mass is 16.5. The molecule has 0 N–H and O–H groups in total. The summed E-state index contributed by atoms with van der Waals surface area (Å²) in [4.78, 5) is 28.9. The van der Waals surface area contributed by atoms with Gasteiger partial charge in [-0.1, -0.05) is 87.1 Å². The van der Waals surface area contributed by atoms with E-state index in [1.807, 2.05) is 109 Å². The molecule has 2 aliphatic rings. The molecule has 0 heterocycles. The van der Waals surface area contributed by atoms with Crippen molar-refractivity contribution in [3.63, 3.8) is 0 Å². The summed E-state index contributed by atoms with van der Waals surface area (Å²) in [6.45, 7) is 0. The van der Waals surface area contributed by atoms with E-state index in [0.717, 1.165) is 37.0 Å². The maximum atomic E-state index is 12.9. The fourth-order valence-corrected chi connectivity index (χ4v) is 5.59. The molecule has 2 amide bonds. The Kier molecular flexibility index (Phi) is 10.6. The van der Waals surface area contributed by atoms with Gasteiger partial charge in [0.2, 0.25) is 0 Å². The quantitative estimate of drug-likeness (QED) is 0.327. The normalized spacial score (nSPS) is 15.9. The van der Waals surface area contributed by atoms with Gasteiger partial charge in [0.15, 0.2) is 0 Å². The minimum absolute atomic E-state index is 0.0448. The largest absolute Gasteiger partial charge is 0.457 e. The summed E-state index contributed by atoms with van der Waals surface area (Å²) < 4.78 is 5.92. The standard InChI is InChI=1S/C20H23NO2.C14H19NO/c1-21(16-10-4-2-5-11-16)20(22)18-14-8-9-15-19(18)23-17-12-6-3-7-13-17;1-15(13-10-6-3-7-11-13)14(16)12-8-4-2-5-9-12/h3,6-9,12-16H,2,4-5,10-11H2,1H3;2,4-5,8-9,13H,3,6-7,10-11H2,1H3. The van der Waals surface area contributed by atoms with E-state index in [-0.39, 0.29) is 11.8 Å². The van der Waals surface area contributed by atoms with Crippen LogP contribution >= 0.6 is 0 Å². The highest BCUT2D eigenvalue weighted by Gasteiger charge is 2.25. The van der Waals surface area contributed by atoms with Crippen LogP contribution in [0.2, 0.25) is 0 Å². The van der Waals surface area contributed by atoms with Crippen LogP contribution in [0.1, 0.15) is 84.9 Å². The van der Waals surface area contributed by atoms with Gasteiger partial charge in [0.1, 0.15) is 11.5 Å². The molecule has 0 unspecified atom stereocenters. The molecule has 3 aromatic rings. The van der Waals surface area contributed by atoms with Crippen molar-refractivity contribution in [3.05, 3.63) is 96.1 Å². The molecule has 0 atom stereocenters. The van der Waals surface area contributed by atoms with Gasteiger partial charge in [0.05, 0.1) is 5.56 Å². The molecule has 2 aliphatic carbocycles. The summed E-state index contributed by atoms with van der Waals surface area (Å²) in [6, 6.07) is 27.4. The summed E-state index contributed by atoms with van der Waals surface area (Å²) in [5, 5.41) is 0. The van der Waals surface area contributed by atoms with Crippen molar-refractivity contribution in [1.82, 2.24) is 9.80 Å². The molecule has 0 saturated heterocycles. The first-order valence-corrected chi connectivity index (χ1v) is 14.5. The molecule has 0 spiro atoms. The zero-order valence-electron chi connectivity index (χ0n) is 23.4. The predicted octanol–water partition coefficient (Wildman–Crippen LogP) is 7.97. The van der Waals surface area contributed by atoms with E-state index in [0.29, 0.717) is 23.4 Å². The molecule has 5 rings (SSSR count). The lowest BCUT2D eigenvalue weighted by atomic mass is 9.94. The van der Waals surface area contributed by atoms with Crippen LogP contribution < -0.4 is 4.74 Å². The number of ether oxygens (including phenoxy) is 1. The molecule has 0 aromatic heterocycles. The highest BCUT2D eigenvalue weighted by molar-refractivity contribution is 5.97. The minimum atomic E-state index is 0.0448. The molecule has 39 heavy (non-hydrogen) atoms. The third-order valence-corrected chi connectivity index (χ3v) is 7.99. The molecule has 5 heteroatoms. The zero-order chi connectivity index (χ0) is 27.5. The number of amides is 2. The van der Waals surface area contributed by atoms with Crippen molar-refractivity contribution < 1.29 is 14.3 Å². The first-order valence-electron chi connectivity index (χ1n) is 14.5. The molecule has 206 valence electrons. The van der Waals surface area contributed by atoms with E-state index in [1.165, 1.54) is 38.5 Å². The summed E-state index contributed by atoms with van der Waals surface area (Å²) in [5.41, 5.74) is 1.43. The van der Waals surface area contributed by atoms with E-state index in [1.54, 1.807) is 0 Å². The van der Waals surface area contributed by atoms with Crippen LogP contribution in [0, 0.1) is 0 Å². The van der Waals surface area contributed by atoms with Gasteiger partial charge < -0.3 is 14.5 Å². The second-order valence-electron chi connectivity index (χ2n) is 10.7. The minimum Gasteiger partial charge on any atom is -0.457 e. The number of nitrogens with zero attached hydrogens (tertiary/aromatic N) is 2. The van der Waals surface area contributed by atoms with Crippen molar-refractivity contribution in [2.24, 2.45) is 0 Å². The Labute approximate surface area is 233 Å². The van der Waals surface area contributed by atoms with Gasteiger partial charge >= 0.3 is 0 Å². The lowest BCUT2D eigenvalue weighted by molar-refractivity contribution is 0.0687. The van der Waals surface area contributed by atoms with Crippen LogP contribution in [0.3, 0.4) is 0 Å². The summed E-state index contributed by atoms with van der Waals surface area (Å²) in [7, 11) is 3.85.